The van der Waals surface area contributed by atoms with Crippen molar-refractivity contribution in [3.63, 3.8) is 0 Å². The first-order chi connectivity index (χ1) is 6.80. The Bertz CT molecular complexity index is 468. The maximum absolute atomic E-state index is 11.1. The number of hydrogen-bond acceptors (Lipinski definition) is 4. The van der Waals surface area contributed by atoms with Gasteiger partial charge in [-0.05, 0) is 18.1 Å². The van der Waals surface area contributed by atoms with Crippen LogP contribution < -0.4 is 5.73 Å². The van der Waals surface area contributed by atoms with Crippen molar-refractivity contribution in [1.29, 1.82) is 0 Å². The van der Waals surface area contributed by atoms with Crippen molar-refractivity contribution in [1.82, 2.24) is 3.97 Å². The van der Waals surface area contributed by atoms with Gasteiger partial charge in [-0.25, -0.2) is 8.42 Å². The SMILES string of the molecule is CS(=O)(=O)n1ccc(C[C@H](N)C(=O)O)c1.Cl. The van der Waals surface area contributed by atoms with Crippen LogP contribution in [0.2, 0.25) is 0 Å². The van der Waals surface area contributed by atoms with E-state index < -0.39 is 22.0 Å². The maximum Gasteiger partial charge on any atom is 0.320 e. The smallest absolute Gasteiger partial charge is 0.320 e. The third-order valence-electron chi connectivity index (χ3n) is 1.88. The number of carboxylic acid groups (broad SMARTS) is 1. The molecule has 1 rings (SSSR count). The van der Waals surface area contributed by atoms with Crippen molar-refractivity contribution in [3.8, 4) is 0 Å². The lowest BCUT2D eigenvalue weighted by Gasteiger charge is -2.03. The number of aromatic nitrogens is 1. The van der Waals surface area contributed by atoms with Gasteiger partial charge in [0.25, 0.3) is 0 Å². The minimum atomic E-state index is -3.31. The molecule has 1 heterocycles. The normalized spacial score (nSPS) is 12.9. The molecule has 0 unspecified atom stereocenters. The van der Waals surface area contributed by atoms with Gasteiger partial charge in [-0.3, -0.25) is 8.77 Å². The van der Waals surface area contributed by atoms with Crippen molar-refractivity contribution < 1.29 is 18.3 Å². The minimum Gasteiger partial charge on any atom is -0.480 e. The molecule has 1 atom stereocenters. The molecule has 6 nitrogen and oxygen atoms in total. The first kappa shape index (κ1) is 14.9. The van der Waals surface area contributed by atoms with Crippen molar-refractivity contribution >= 4 is 28.4 Å². The molecule has 0 fully saturated rings. The van der Waals surface area contributed by atoms with Gasteiger partial charge < -0.3 is 10.8 Å². The zero-order chi connectivity index (χ0) is 11.6. The first-order valence-corrected chi connectivity index (χ1v) is 6.01. The van der Waals surface area contributed by atoms with Gasteiger partial charge in [-0.2, -0.15) is 0 Å². The molecular formula is C8H13ClN2O4S. The fraction of sp³-hybridized carbons (Fsp3) is 0.375. The number of halogens is 1. The van der Waals surface area contributed by atoms with E-state index in [4.69, 9.17) is 10.8 Å². The number of carbonyl (C=O) groups is 1. The molecule has 16 heavy (non-hydrogen) atoms. The van der Waals surface area contributed by atoms with Gasteiger partial charge in [0.15, 0.2) is 0 Å². The quantitative estimate of drug-likeness (QED) is 0.779. The first-order valence-electron chi connectivity index (χ1n) is 4.16. The van der Waals surface area contributed by atoms with Crippen LogP contribution in [-0.4, -0.2) is 35.8 Å². The number of nitrogens with zero attached hydrogens (tertiary/aromatic N) is 1. The van der Waals surface area contributed by atoms with Gasteiger partial charge >= 0.3 is 5.97 Å². The van der Waals surface area contributed by atoms with Crippen LogP contribution in [0.5, 0.6) is 0 Å². The summed E-state index contributed by atoms with van der Waals surface area (Å²) in [5.74, 6) is -1.11. The van der Waals surface area contributed by atoms with Gasteiger partial charge in [0.2, 0.25) is 10.0 Å². The molecule has 0 saturated heterocycles. The summed E-state index contributed by atoms with van der Waals surface area (Å²) in [6.07, 6.45) is 3.89. The summed E-state index contributed by atoms with van der Waals surface area (Å²) in [5.41, 5.74) is 5.89. The number of nitrogens with two attached hydrogens (primary N) is 1. The Morgan fingerprint density at radius 3 is 2.56 bits per heavy atom. The maximum atomic E-state index is 11.1. The second-order valence-corrected chi connectivity index (χ2v) is 5.15. The summed E-state index contributed by atoms with van der Waals surface area (Å²) < 4.78 is 23.2. The molecule has 0 aliphatic rings. The molecule has 1 aromatic heterocycles. The van der Waals surface area contributed by atoms with E-state index in [1.807, 2.05) is 0 Å². The van der Waals surface area contributed by atoms with Crippen molar-refractivity contribution in [2.45, 2.75) is 12.5 Å². The van der Waals surface area contributed by atoms with Crippen LogP contribution in [0.1, 0.15) is 5.56 Å². The molecule has 0 aromatic carbocycles. The highest BCUT2D eigenvalue weighted by molar-refractivity contribution is 7.89. The van der Waals surface area contributed by atoms with Gasteiger partial charge in [-0.1, -0.05) is 0 Å². The topological polar surface area (TPSA) is 102 Å². The fourth-order valence-corrected chi connectivity index (χ4v) is 1.70. The van der Waals surface area contributed by atoms with Crippen LogP contribution in [0.25, 0.3) is 0 Å². The zero-order valence-corrected chi connectivity index (χ0v) is 10.2. The molecule has 0 radical (unpaired) electrons. The Labute approximate surface area is 99.5 Å². The molecule has 0 saturated carbocycles. The Morgan fingerprint density at radius 2 is 2.19 bits per heavy atom. The Morgan fingerprint density at radius 1 is 1.62 bits per heavy atom. The molecule has 1 aromatic rings. The summed E-state index contributed by atoms with van der Waals surface area (Å²) in [6, 6.07) is 0.518. The second-order valence-electron chi connectivity index (χ2n) is 3.26. The second kappa shape index (κ2) is 5.33. The van der Waals surface area contributed by atoms with Crippen LogP contribution in [0.15, 0.2) is 18.5 Å². The summed E-state index contributed by atoms with van der Waals surface area (Å²) in [7, 11) is -3.31. The van der Waals surface area contributed by atoms with Crippen molar-refractivity contribution in [2.75, 3.05) is 6.26 Å². The highest BCUT2D eigenvalue weighted by atomic mass is 35.5. The predicted molar refractivity (Wildman–Crippen MR) is 61.2 cm³/mol. The Balaban J connectivity index is 0.00000225. The molecule has 8 heteroatoms. The monoisotopic (exact) mass is 268 g/mol. The lowest BCUT2D eigenvalue weighted by molar-refractivity contribution is -0.138. The summed E-state index contributed by atoms with van der Waals surface area (Å²) in [4.78, 5) is 10.5. The third kappa shape index (κ3) is 3.84. The Hall–Kier alpha value is -1.05. The van der Waals surface area contributed by atoms with E-state index in [0.29, 0.717) is 5.56 Å². The molecule has 0 amide bonds. The summed E-state index contributed by atoms with van der Waals surface area (Å²) in [5, 5.41) is 8.56. The van der Waals surface area contributed by atoms with E-state index in [0.717, 1.165) is 10.2 Å². The standard InChI is InChI=1S/C8H12N2O4S.ClH/c1-15(13,14)10-3-2-6(5-10)4-7(9)8(11)12;/h2-3,5,7H,4,9H2,1H3,(H,11,12);1H/t7-;/m0./s1. The largest absolute Gasteiger partial charge is 0.480 e. The van der Waals surface area contributed by atoms with E-state index in [-0.39, 0.29) is 18.8 Å². The third-order valence-corrected chi connectivity index (χ3v) is 2.88. The van der Waals surface area contributed by atoms with Gasteiger partial charge in [0, 0.05) is 12.4 Å². The van der Waals surface area contributed by atoms with Crippen LogP contribution in [0, 0.1) is 0 Å². The average Bonchev–Trinajstić information content (AvgIpc) is 2.51. The van der Waals surface area contributed by atoms with E-state index in [1.54, 1.807) is 0 Å². The van der Waals surface area contributed by atoms with Crippen LogP contribution in [-0.2, 0) is 21.2 Å². The van der Waals surface area contributed by atoms with Crippen molar-refractivity contribution in [3.05, 3.63) is 24.0 Å². The average molecular weight is 269 g/mol. The van der Waals surface area contributed by atoms with E-state index in [1.165, 1.54) is 18.5 Å². The van der Waals surface area contributed by atoms with Crippen LogP contribution in [0.4, 0.5) is 0 Å². The van der Waals surface area contributed by atoms with Gasteiger partial charge in [-0.15, -0.1) is 12.4 Å². The van der Waals surface area contributed by atoms with Crippen LogP contribution in [0.3, 0.4) is 0 Å². The highest BCUT2D eigenvalue weighted by Gasteiger charge is 2.14. The molecule has 92 valence electrons. The zero-order valence-electron chi connectivity index (χ0n) is 8.53. The summed E-state index contributed by atoms with van der Waals surface area (Å²) >= 11 is 0. The van der Waals surface area contributed by atoms with Crippen LogP contribution >= 0.6 is 12.4 Å². The molecule has 0 aliphatic heterocycles. The molecule has 0 spiro atoms. The predicted octanol–water partition coefficient (Wildman–Crippen LogP) is -0.328. The molecule has 0 bridgehead atoms. The van der Waals surface area contributed by atoms with E-state index >= 15 is 0 Å². The Kier molecular flexibility index (Phi) is 4.98. The molecule has 3 N–H and O–H groups in total. The lowest BCUT2D eigenvalue weighted by atomic mass is 10.1. The highest BCUT2D eigenvalue weighted by Crippen LogP contribution is 2.06. The lowest BCUT2D eigenvalue weighted by Crippen LogP contribution is -2.32. The fourth-order valence-electron chi connectivity index (χ4n) is 1.09. The number of hydrogen-bond donors (Lipinski definition) is 2. The molecular weight excluding hydrogens is 256 g/mol. The molecule has 0 aliphatic carbocycles. The number of aliphatic carboxylic acids is 1. The number of rotatable bonds is 4. The van der Waals surface area contributed by atoms with E-state index in [9.17, 15) is 13.2 Å². The van der Waals surface area contributed by atoms with Gasteiger partial charge in [0.05, 0.1) is 6.26 Å². The van der Waals surface area contributed by atoms with Crippen molar-refractivity contribution in [2.24, 2.45) is 5.73 Å². The number of carboxylic acids is 1. The minimum absolute atomic E-state index is 0. The summed E-state index contributed by atoms with van der Waals surface area (Å²) in [6.45, 7) is 0. The van der Waals surface area contributed by atoms with Gasteiger partial charge in [0.1, 0.15) is 6.04 Å². The van der Waals surface area contributed by atoms with E-state index in [2.05, 4.69) is 0 Å².